The summed E-state index contributed by atoms with van der Waals surface area (Å²) in [5.74, 6) is 0. The molecule has 0 heterocycles. The van der Waals surface area contributed by atoms with Crippen LogP contribution in [0.25, 0.3) is 0 Å². The number of hydrogen-bond acceptors (Lipinski definition) is 4. The minimum absolute atomic E-state index is 0.0556. The molecule has 78 valence electrons. The van der Waals surface area contributed by atoms with Gasteiger partial charge in [0.1, 0.15) is 0 Å². The quantitative estimate of drug-likeness (QED) is 0.464. The molecule has 0 radical (unpaired) electrons. The molecule has 0 amide bonds. The molecule has 5 heteroatoms. The van der Waals surface area contributed by atoms with Crippen LogP contribution in [-0.4, -0.2) is 11.5 Å². The molecule has 0 saturated carbocycles. The van der Waals surface area contributed by atoms with Crippen molar-refractivity contribution in [2.45, 2.75) is 13.3 Å². The summed E-state index contributed by atoms with van der Waals surface area (Å²) >= 11 is 0. The lowest BCUT2D eigenvalue weighted by molar-refractivity contribution is -0.384. The zero-order valence-corrected chi connectivity index (χ0v) is 8.36. The van der Waals surface area contributed by atoms with E-state index < -0.39 is 4.92 Å². The first-order valence-corrected chi connectivity index (χ1v) is 4.51. The number of nitro groups is 1. The molecule has 0 atom stereocenters. The molecule has 0 aliphatic rings. The molecule has 0 bridgehead atoms. The smallest absolute Gasteiger partial charge is 0.271 e. The minimum atomic E-state index is -0.436. The van der Waals surface area contributed by atoms with E-state index in [1.165, 1.54) is 12.1 Å². The molecule has 15 heavy (non-hydrogen) atoms. The summed E-state index contributed by atoms with van der Waals surface area (Å²) in [5, 5.41) is 21.9. The third-order valence-corrected chi connectivity index (χ3v) is 1.98. The van der Waals surface area contributed by atoms with Crippen molar-refractivity contribution >= 4 is 11.4 Å². The number of nitriles is 1. The molecule has 5 nitrogen and oxygen atoms in total. The second-order valence-electron chi connectivity index (χ2n) is 3.09. The number of anilines is 1. The van der Waals surface area contributed by atoms with E-state index in [2.05, 4.69) is 5.32 Å². The van der Waals surface area contributed by atoms with Crippen LogP contribution in [0.15, 0.2) is 18.2 Å². The zero-order chi connectivity index (χ0) is 11.3. The van der Waals surface area contributed by atoms with E-state index in [0.29, 0.717) is 18.7 Å². The number of non-ortho nitro benzene ring substituents is 1. The summed E-state index contributed by atoms with van der Waals surface area (Å²) in [6, 6.07) is 6.63. The summed E-state index contributed by atoms with van der Waals surface area (Å²) < 4.78 is 0. The van der Waals surface area contributed by atoms with Crippen LogP contribution in [0.3, 0.4) is 0 Å². The minimum Gasteiger partial charge on any atom is -0.384 e. The Hall–Kier alpha value is -2.09. The van der Waals surface area contributed by atoms with Crippen LogP contribution in [-0.2, 0) is 0 Å². The zero-order valence-electron chi connectivity index (χ0n) is 8.36. The highest BCUT2D eigenvalue weighted by atomic mass is 16.6. The molecule has 0 saturated heterocycles. The molecular formula is C10H11N3O2. The van der Waals surface area contributed by atoms with Gasteiger partial charge in [-0.2, -0.15) is 5.26 Å². The summed E-state index contributed by atoms with van der Waals surface area (Å²) in [7, 11) is 0. The fraction of sp³-hybridized carbons (Fsp3) is 0.300. The standard InChI is InChI=1S/C10H11N3O2/c1-8-3-4-9(13(14)15)7-10(8)12-6-2-5-11/h3-4,7,12H,2,6H2,1H3. The van der Waals surface area contributed by atoms with Gasteiger partial charge < -0.3 is 5.32 Å². The number of benzene rings is 1. The second kappa shape index (κ2) is 4.96. The van der Waals surface area contributed by atoms with Gasteiger partial charge >= 0.3 is 0 Å². The number of hydrogen-bond donors (Lipinski definition) is 1. The molecule has 1 aromatic rings. The van der Waals surface area contributed by atoms with E-state index in [4.69, 9.17) is 5.26 Å². The number of nitrogens with one attached hydrogen (secondary N) is 1. The Morgan fingerprint density at radius 1 is 1.60 bits per heavy atom. The normalized spacial score (nSPS) is 9.33. The van der Waals surface area contributed by atoms with Crippen molar-refractivity contribution < 1.29 is 4.92 Å². The van der Waals surface area contributed by atoms with Gasteiger partial charge in [0.25, 0.3) is 5.69 Å². The van der Waals surface area contributed by atoms with Crippen LogP contribution < -0.4 is 5.32 Å². The van der Waals surface area contributed by atoms with Crippen LogP contribution in [0, 0.1) is 28.4 Å². The van der Waals surface area contributed by atoms with E-state index in [-0.39, 0.29) is 5.69 Å². The van der Waals surface area contributed by atoms with Crippen molar-refractivity contribution in [1.82, 2.24) is 0 Å². The van der Waals surface area contributed by atoms with E-state index in [1.807, 2.05) is 13.0 Å². The molecule has 0 aliphatic heterocycles. The van der Waals surface area contributed by atoms with Gasteiger partial charge in [-0.3, -0.25) is 10.1 Å². The predicted molar refractivity (Wildman–Crippen MR) is 56.6 cm³/mol. The van der Waals surface area contributed by atoms with Gasteiger partial charge in [0.05, 0.1) is 17.4 Å². The van der Waals surface area contributed by atoms with E-state index in [9.17, 15) is 10.1 Å². The van der Waals surface area contributed by atoms with Gasteiger partial charge in [-0.05, 0) is 12.5 Å². The van der Waals surface area contributed by atoms with Gasteiger partial charge in [0, 0.05) is 24.4 Å². The fourth-order valence-corrected chi connectivity index (χ4v) is 1.17. The molecule has 1 aromatic carbocycles. The number of rotatable bonds is 4. The van der Waals surface area contributed by atoms with Gasteiger partial charge in [0.15, 0.2) is 0 Å². The van der Waals surface area contributed by atoms with Crippen molar-refractivity contribution in [2.75, 3.05) is 11.9 Å². The highest BCUT2D eigenvalue weighted by molar-refractivity contribution is 5.56. The lowest BCUT2D eigenvalue weighted by Crippen LogP contribution is -2.02. The number of nitro benzene ring substituents is 1. The maximum absolute atomic E-state index is 10.5. The maximum atomic E-state index is 10.5. The molecule has 0 aliphatic carbocycles. The van der Waals surface area contributed by atoms with Gasteiger partial charge in [-0.1, -0.05) is 6.07 Å². The van der Waals surface area contributed by atoms with Crippen molar-refractivity contribution in [2.24, 2.45) is 0 Å². The van der Waals surface area contributed by atoms with Crippen LogP contribution in [0.1, 0.15) is 12.0 Å². The van der Waals surface area contributed by atoms with Gasteiger partial charge in [-0.25, -0.2) is 0 Å². The highest BCUT2D eigenvalue weighted by Crippen LogP contribution is 2.21. The molecular weight excluding hydrogens is 194 g/mol. The second-order valence-corrected chi connectivity index (χ2v) is 3.09. The Morgan fingerprint density at radius 2 is 2.33 bits per heavy atom. The monoisotopic (exact) mass is 205 g/mol. The van der Waals surface area contributed by atoms with Gasteiger partial charge in [-0.15, -0.1) is 0 Å². The highest BCUT2D eigenvalue weighted by Gasteiger charge is 2.07. The predicted octanol–water partition coefficient (Wildman–Crippen LogP) is 2.23. The van der Waals surface area contributed by atoms with Crippen LogP contribution >= 0.6 is 0 Å². The average Bonchev–Trinajstić information content (AvgIpc) is 2.20. The fourth-order valence-electron chi connectivity index (χ4n) is 1.17. The third kappa shape index (κ3) is 2.95. The Bertz CT molecular complexity index is 410. The molecule has 0 spiro atoms. The van der Waals surface area contributed by atoms with Crippen LogP contribution in [0.2, 0.25) is 0 Å². The van der Waals surface area contributed by atoms with Crippen molar-refractivity contribution in [1.29, 1.82) is 5.26 Å². The summed E-state index contributed by atoms with van der Waals surface area (Å²) in [5.41, 5.74) is 1.69. The Labute approximate surface area is 87.5 Å². The van der Waals surface area contributed by atoms with Crippen molar-refractivity contribution in [3.05, 3.63) is 33.9 Å². The van der Waals surface area contributed by atoms with Gasteiger partial charge in [0.2, 0.25) is 0 Å². The summed E-state index contributed by atoms with van der Waals surface area (Å²) in [6.07, 6.45) is 0.377. The van der Waals surface area contributed by atoms with E-state index in [0.717, 1.165) is 5.56 Å². The summed E-state index contributed by atoms with van der Waals surface area (Å²) in [4.78, 5) is 10.1. The largest absolute Gasteiger partial charge is 0.384 e. The average molecular weight is 205 g/mol. The SMILES string of the molecule is Cc1ccc([N+](=O)[O-])cc1NCCC#N. The maximum Gasteiger partial charge on any atom is 0.271 e. The first-order chi connectivity index (χ1) is 7.15. The Kier molecular flexibility index (Phi) is 3.63. The first-order valence-electron chi connectivity index (χ1n) is 4.51. The van der Waals surface area contributed by atoms with E-state index >= 15 is 0 Å². The number of nitrogens with zero attached hydrogens (tertiary/aromatic N) is 2. The lowest BCUT2D eigenvalue weighted by Gasteiger charge is -2.06. The van der Waals surface area contributed by atoms with Crippen LogP contribution in [0.5, 0.6) is 0 Å². The molecule has 0 aromatic heterocycles. The molecule has 1 N–H and O–H groups in total. The van der Waals surface area contributed by atoms with Crippen molar-refractivity contribution in [3.63, 3.8) is 0 Å². The topological polar surface area (TPSA) is 79.0 Å². The van der Waals surface area contributed by atoms with Crippen molar-refractivity contribution in [3.8, 4) is 6.07 Å². The Morgan fingerprint density at radius 3 is 2.93 bits per heavy atom. The lowest BCUT2D eigenvalue weighted by atomic mass is 10.2. The number of aryl methyl sites for hydroxylation is 1. The van der Waals surface area contributed by atoms with E-state index in [1.54, 1.807) is 6.07 Å². The summed E-state index contributed by atoms with van der Waals surface area (Å²) in [6.45, 7) is 2.36. The first kappa shape index (κ1) is 11.0. The van der Waals surface area contributed by atoms with Crippen LogP contribution in [0.4, 0.5) is 11.4 Å². The molecule has 0 fully saturated rings. The third-order valence-electron chi connectivity index (χ3n) is 1.98. The molecule has 0 unspecified atom stereocenters. The Balaban J connectivity index is 2.82. The molecule has 1 rings (SSSR count).